The van der Waals surface area contributed by atoms with Crippen LogP contribution in [0, 0.1) is 0 Å². The molecule has 4 aromatic rings. The first-order valence-corrected chi connectivity index (χ1v) is 12.7. The van der Waals surface area contributed by atoms with E-state index in [2.05, 4.69) is 40.2 Å². The van der Waals surface area contributed by atoms with Crippen molar-refractivity contribution < 1.29 is 14.3 Å². The third kappa shape index (κ3) is 7.35. The molecule has 3 aromatic carbocycles. The first-order chi connectivity index (χ1) is 17.7. The van der Waals surface area contributed by atoms with Crippen LogP contribution in [0.25, 0.3) is 11.0 Å². The number of hydrogen-bond donors (Lipinski definition) is 1. The summed E-state index contributed by atoms with van der Waals surface area (Å²) in [5.74, 6) is 2.80. The number of unbranched alkanes of at least 4 members (excludes halogenated alkanes) is 1. The van der Waals surface area contributed by atoms with Gasteiger partial charge in [0.05, 0.1) is 24.8 Å². The Balaban J connectivity index is 1.23. The van der Waals surface area contributed by atoms with Crippen molar-refractivity contribution in [2.45, 2.75) is 45.1 Å². The van der Waals surface area contributed by atoms with E-state index in [1.807, 2.05) is 48.5 Å². The zero-order valence-corrected chi connectivity index (χ0v) is 21.0. The second kappa shape index (κ2) is 13.3. The van der Waals surface area contributed by atoms with Gasteiger partial charge in [-0.15, -0.1) is 0 Å². The quantitative estimate of drug-likeness (QED) is 0.237. The van der Waals surface area contributed by atoms with Gasteiger partial charge in [0, 0.05) is 32.0 Å². The Kier molecular flexibility index (Phi) is 9.37. The number of fused-ring (bicyclic) bond motifs is 1. The van der Waals surface area contributed by atoms with Crippen LogP contribution in [-0.2, 0) is 24.2 Å². The highest BCUT2D eigenvalue weighted by Gasteiger charge is 2.10. The maximum absolute atomic E-state index is 12.2. The van der Waals surface area contributed by atoms with Gasteiger partial charge in [-0.3, -0.25) is 4.79 Å². The number of amides is 1. The molecule has 1 heterocycles. The number of benzene rings is 3. The predicted molar refractivity (Wildman–Crippen MR) is 144 cm³/mol. The summed E-state index contributed by atoms with van der Waals surface area (Å²) in [5.41, 5.74) is 3.37. The summed E-state index contributed by atoms with van der Waals surface area (Å²) in [4.78, 5) is 17.1. The largest absolute Gasteiger partial charge is 0.497 e. The van der Waals surface area contributed by atoms with Gasteiger partial charge in [-0.25, -0.2) is 4.98 Å². The second-order valence-electron chi connectivity index (χ2n) is 8.84. The van der Waals surface area contributed by atoms with E-state index in [1.54, 1.807) is 7.11 Å². The summed E-state index contributed by atoms with van der Waals surface area (Å²) < 4.78 is 13.5. The monoisotopic (exact) mass is 485 g/mol. The van der Waals surface area contributed by atoms with Gasteiger partial charge < -0.3 is 19.4 Å². The molecule has 0 aliphatic carbocycles. The predicted octanol–water partition coefficient (Wildman–Crippen LogP) is 5.59. The summed E-state index contributed by atoms with van der Waals surface area (Å²) in [6, 6.07) is 26.1. The molecule has 0 atom stereocenters. The van der Waals surface area contributed by atoms with Crippen LogP contribution < -0.4 is 14.8 Å². The van der Waals surface area contributed by atoms with E-state index in [-0.39, 0.29) is 5.91 Å². The lowest BCUT2D eigenvalue weighted by atomic mass is 10.1. The average Bonchev–Trinajstić information content (AvgIpc) is 3.27. The molecule has 188 valence electrons. The summed E-state index contributed by atoms with van der Waals surface area (Å²) in [6.07, 6.45) is 4.91. The molecule has 0 saturated heterocycles. The van der Waals surface area contributed by atoms with Gasteiger partial charge in [-0.2, -0.15) is 0 Å². The molecule has 6 heteroatoms. The van der Waals surface area contributed by atoms with Crippen LogP contribution in [0.2, 0.25) is 0 Å². The molecule has 0 unspecified atom stereocenters. The molecule has 36 heavy (non-hydrogen) atoms. The van der Waals surface area contributed by atoms with Crippen LogP contribution in [0.1, 0.15) is 37.1 Å². The number of aromatic nitrogens is 2. The van der Waals surface area contributed by atoms with Crippen LogP contribution in [0.5, 0.6) is 11.5 Å². The normalized spacial score (nSPS) is 10.9. The minimum atomic E-state index is 0.100. The zero-order chi connectivity index (χ0) is 25.0. The summed E-state index contributed by atoms with van der Waals surface area (Å²) in [7, 11) is 1.66. The number of ether oxygens (including phenoxy) is 2. The number of methoxy groups -OCH3 is 1. The van der Waals surface area contributed by atoms with Crippen molar-refractivity contribution in [3.63, 3.8) is 0 Å². The Morgan fingerprint density at radius 3 is 2.56 bits per heavy atom. The van der Waals surface area contributed by atoms with E-state index in [0.29, 0.717) is 19.6 Å². The number of rotatable bonds is 14. The second-order valence-corrected chi connectivity index (χ2v) is 8.84. The van der Waals surface area contributed by atoms with E-state index < -0.39 is 0 Å². The van der Waals surface area contributed by atoms with Gasteiger partial charge in [0.25, 0.3) is 0 Å². The molecular weight excluding hydrogens is 450 g/mol. The van der Waals surface area contributed by atoms with Crippen molar-refractivity contribution >= 4 is 16.9 Å². The van der Waals surface area contributed by atoms with Crippen LogP contribution >= 0.6 is 0 Å². The van der Waals surface area contributed by atoms with Gasteiger partial charge in [0.15, 0.2) is 0 Å². The molecule has 0 aliphatic heterocycles. The lowest BCUT2D eigenvalue weighted by molar-refractivity contribution is -0.121. The van der Waals surface area contributed by atoms with Crippen molar-refractivity contribution in [2.75, 3.05) is 20.3 Å². The average molecular weight is 486 g/mol. The van der Waals surface area contributed by atoms with Crippen molar-refractivity contribution in [3.8, 4) is 11.5 Å². The summed E-state index contributed by atoms with van der Waals surface area (Å²) >= 11 is 0. The Morgan fingerprint density at radius 2 is 1.69 bits per heavy atom. The number of nitrogens with one attached hydrogen (secondary N) is 1. The van der Waals surface area contributed by atoms with Crippen LogP contribution in [0.4, 0.5) is 0 Å². The van der Waals surface area contributed by atoms with Crippen molar-refractivity contribution in [1.29, 1.82) is 0 Å². The lowest BCUT2D eigenvalue weighted by Gasteiger charge is -2.11. The number of carbonyl (C=O) groups excluding carboxylic acids is 1. The molecule has 0 radical (unpaired) electrons. The highest BCUT2D eigenvalue weighted by molar-refractivity contribution is 5.76. The van der Waals surface area contributed by atoms with Gasteiger partial charge in [-0.1, -0.05) is 48.5 Å². The number of carbonyl (C=O) groups is 1. The van der Waals surface area contributed by atoms with Gasteiger partial charge in [0.2, 0.25) is 5.91 Å². The molecule has 1 amide bonds. The fraction of sp³-hybridized carbons (Fsp3) is 0.333. The molecule has 0 fully saturated rings. The van der Waals surface area contributed by atoms with Crippen molar-refractivity contribution in [3.05, 3.63) is 90.3 Å². The Morgan fingerprint density at radius 1 is 0.889 bits per heavy atom. The summed E-state index contributed by atoms with van der Waals surface area (Å²) in [5, 5.41) is 3.06. The number of hydrogen-bond acceptors (Lipinski definition) is 4. The third-order valence-corrected chi connectivity index (χ3v) is 6.20. The van der Waals surface area contributed by atoms with Crippen LogP contribution in [-0.4, -0.2) is 35.7 Å². The fourth-order valence-corrected chi connectivity index (χ4v) is 4.28. The van der Waals surface area contributed by atoms with E-state index in [1.165, 1.54) is 5.56 Å². The topological polar surface area (TPSA) is 65.4 Å². The maximum atomic E-state index is 12.2. The standard InChI is InChI=1S/C30H35N3O3/c1-35-25-13-9-14-26(23-25)36-22-8-7-21-33-28-16-6-5-15-27(28)32-29(33)17-10-20-31-30(34)19-18-24-11-3-2-4-12-24/h2-6,9,11-16,23H,7-8,10,17-22H2,1H3,(H,31,34). The van der Waals surface area contributed by atoms with E-state index >= 15 is 0 Å². The van der Waals surface area contributed by atoms with E-state index in [0.717, 1.165) is 67.0 Å². The number of para-hydroxylation sites is 2. The smallest absolute Gasteiger partial charge is 0.220 e. The third-order valence-electron chi connectivity index (χ3n) is 6.20. The lowest BCUT2D eigenvalue weighted by Crippen LogP contribution is -2.25. The Labute approximate surface area is 213 Å². The Bertz CT molecular complexity index is 1240. The summed E-state index contributed by atoms with van der Waals surface area (Å²) in [6.45, 7) is 2.20. The van der Waals surface area contributed by atoms with E-state index in [9.17, 15) is 4.79 Å². The number of aryl methyl sites for hydroxylation is 3. The molecule has 4 rings (SSSR count). The van der Waals surface area contributed by atoms with E-state index in [4.69, 9.17) is 14.5 Å². The maximum Gasteiger partial charge on any atom is 0.220 e. The molecule has 0 bridgehead atoms. The molecule has 1 aromatic heterocycles. The SMILES string of the molecule is COc1cccc(OCCCCn2c(CCCNC(=O)CCc3ccccc3)nc3ccccc32)c1. The van der Waals surface area contributed by atoms with Crippen LogP contribution in [0.15, 0.2) is 78.9 Å². The molecule has 1 N–H and O–H groups in total. The first-order valence-electron chi connectivity index (χ1n) is 12.7. The van der Waals surface area contributed by atoms with Crippen molar-refractivity contribution in [2.24, 2.45) is 0 Å². The molecular formula is C30H35N3O3. The number of nitrogens with zero attached hydrogens (tertiary/aromatic N) is 2. The fourth-order valence-electron chi connectivity index (χ4n) is 4.28. The number of imidazole rings is 1. The van der Waals surface area contributed by atoms with Gasteiger partial charge in [-0.05, 0) is 55.5 Å². The highest BCUT2D eigenvalue weighted by atomic mass is 16.5. The molecule has 0 spiro atoms. The zero-order valence-electron chi connectivity index (χ0n) is 21.0. The molecule has 0 aliphatic rings. The minimum Gasteiger partial charge on any atom is -0.497 e. The molecule has 0 saturated carbocycles. The first kappa shape index (κ1) is 25.3. The van der Waals surface area contributed by atoms with Gasteiger partial charge >= 0.3 is 0 Å². The van der Waals surface area contributed by atoms with Crippen molar-refractivity contribution in [1.82, 2.24) is 14.9 Å². The minimum absolute atomic E-state index is 0.100. The highest BCUT2D eigenvalue weighted by Crippen LogP contribution is 2.20. The van der Waals surface area contributed by atoms with Crippen LogP contribution in [0.3, 0.4) is 0 Å². The van der Waals surface area contributed by atoms with Gasteiger partial charge in [0.1, 0.15) is 17.3 Å². The Hall–Kier alpha value is -3.80. The molecule has 6 nitrogen and oxygen atoms in total.